The van der Waals surface area contributed by atoms with Crippen molar-refractivity contribution in [3.63, 3.8) is 0 Å². The first-order chi connectivity index (χ1) is 17.0. The van der Waals surface area contributed by atoms with Crippen molar-refractivity contribution in [2.45, 2.75) is 19.9 Å². The molecule has 1 aliphatic heterocycles. The van der Waals surface area contributed by atoms with Gasteiger partial charge < -0.3 is 9.15 Å². The number of rotatable bonds is 5. The predicted octanol–water partition coefficient (Wildman–Crippen LogP) is 3.99. The molecule has 7 nitrogen and oxygen atoms in total. The van der Waals surface area contributed by atoms with Crippen molar-refractivity contribution < 1.29 is 13.9 Å². The van der Waals surface area contributed by atoms with E-state index in [1.54, 1.807) is 48.8 Å². The molecule has 0 spiro atoms. The predicted molar refractivity (Wildman–Crippen MR) is 134 cm³/mol. The first kappa shape index (κ1) is 22.8. The van der Waals surface area contributed by atoms with E-state index >= 15 is 0 Å². The molecule has 0 saturated heterocycles. The van der Waals surface area contributed by atoms with Gasteiger partial charge in [0.25, 0.3) is 5.56 Å². The van der Waals surface area contributed by atoms with E-state index in [9.17, 15) is 14.9 Å². The highest BCUT2D eigenvalue weighted by Gasteiger charge is 2.33. The van der Waals surface area contributed by atoms with Crippen molar-refractivity contribution in [1.82, 2.24) is 4.57 Å². The zero-order valence-corrected chi connectivity index (χ0v) is 20.5. The Hall–Kier alpha value is -4.00. The standard InChI is InChI=1S/C26H19N3O4S2/c1-3-32-25(31)22-15(2)28-26-29(23(22)20-9-6-12-34-20)24(30)21(35-26)13-17-10-11-19(33-17)18-8-5-4-7-16(18)14-27/h4-13,23H,3H2,1-2H3/b21-13-. The number of ether oxygens (including phenoxy) is 1. The molecule has 0 saturated carbocycles. The minimum Gasteiger partial charge on any atom is -0.463 e. The molecule has 1 unspecified atom stereocenters. The third kappa shape index (κ3) is 4.07. The van der Waals surface area contributed by atoms with Crippen LogP contribution in [0, 0.1) is 11.3 Å². The summed E-state index contributed by atoms with van der Waals surface area (Å²) in [4.78, 5) is 32.3. The Morgan fingerprint density at radius 3 is 2.83 bits per heavy atom. The van der Waals surface area contributed by atoms with Crippen LogP contribution in [0.1, 0.15) is 36.1 Å². The van der Waals surface area contributed by atoms with Gasteiger partial charge in [0.15, 0.2) is 4.80 Å². The Morgan fingerprint density at radius 1 is 1.26 bits per heavy atom. The highest BCUT2D eigenvalue weighted by molar-refractivity contribution is 7.10. The molecule has 0 radical (unpaired) electrons. The van der Waals surface area contributed by atoms with E-state index in [2.05, 4.69) is 11.1 Å². The molecule has 0 fully saturated rings. The number of hydrogen-bond donors (Lipinski definition) is 0. The lowest BCUT2D eigenvalue weighted by molar-refractivity contribution is -0.139. The molecule has 174 valence electrons. The Balaban J connectivity index is 1.63. The number of thiophene rings is 1. The lowest BCUT2D eigenvalue weighted by atomic mass is 10.0. The number of esters is 1. The van der Waals surface area contributed by atoms with Gasteiger partial charge in [-0.2, -0.15) is 5.26 Å². The largest absolute Gasteiger partial charge is 0.463 e. The molecule has 0 N–H and O–H groups in total. The third-order valence-corrected chi connectivity index (χ3v) is 7.45. The summed E-state index contributed by atoms with van der Waals surface area (Å²) >= 11 is 2.70. The van der Waals surface area contributed by atoms with Gasteiger partial charge in [-0.1, -0.05) is 29.5 Å². The van der Waals surface area contributed by atoms with Crippen LogP contribution in [0.15, 0.2) is 79.4 Å². The number of fused-ring (bicyclic) bond motifs is 1. The van der Waals surface area contributed by atoms with Crippen molar-refractivity contribution in [2.75, 3.05) is 6.61 Å². The van der Waals surface area contributed by atoms with E-state index in [1.807, 2.05) is 29.6 Å². The van der Waals surface area contributed by atoms with Crippen LogP contribution in [-0.4, -0.2) is 17.1 Å². The number of carbonyl (C=O) groups is 1. The number of benzene rings is 1. The molecule has 0 bridgehead atoms. The van der Waals surface area contributed by atoms with Crippen molar-refractivity contribution >= 4 is 34.7 Å². The minimum absolute atomic E-state index is 0.229. The smallest absolute Gasteiger partial charge is 0.338 e. The number of nitrogens with zero attached hydrogens (tertiary/aromatic N) is 3. The summed E-state index contributed by atoms with van der Waals surface area (Å²) < 4.78 is 13.2. The van der Waals surface area contributed by atoms with Crippen molar-refractivity contribution in [3.05, 3.63) is 101 Å². The maximum Gasteiger partial charge on any atom is 0.338 e. The quantitative estimate of drug-likeness (QED) is 0.385. The molecular formula is C26H19N3O4S2. The van der Waals surface area contributed by atoms with Gasteiger partial charge in [0, 0.05) is 16.5 Å². The molecule has 1 atom stereocenters. The summed E-state index contributed by atoms with van der Waals surface area (Å²) in [6, 6.07) is 16.0. The SMILES string of the molecule is CCOC(=O)C1=C(C)N=c2s/c(=C\c3ccc(-c4ccccc4C#N)o3)c(=O)n2C1c1cccs1. The molecule has 4 aromatic rings. The summed E-state index contributed by atoms with van der Waals surface area (Å²) in [5, 5.41) is 11.3. The van der Waals surface area contributed by atoms with Crippen molar-refractivity contribution in [3.8, 4) is 17.4 Å². The number of carbonyl (C=O) groups excluding carboxylic acids is 1. The first-order valence-electron chi connectivity index (χ1n) is 10.8. The Kier molecular flexibility index (Phi) is 6.07. The number of thiazole rings is 1. The maximum absolute atomic E-state index is 13.6. The van der Waals surface area contributed by atoms with Gasteiger partial charge in [0.1, 0.15) is 17.6 Å². The van der Waals surface area contributed by atoms with Gasteiger partial charge in [-0.25, -0.2) is 9.79 Å². The van der Waals surface area contributed by atoms with Crippen LogP contribution in [0.2, 0.25) is 0 Å². The average molecular weight is 502 g/mol. The monoisotopic (exact) mass is 501 g/mol. The molecule has 0 aliphatic carbocycles. The van der Waals surface area contributed by atoms with Crippen LogP contribution >= 0.6 is 22.7 Å². The number of allylic oxidation sites excluding steroid dienone is 1. The fraction of sp³-hybridized carbons (Fsp3) is 0.154. The summed E-state index contributed by atoms with van der Waals surface area (Å²) in [5.41, 5.74) is 1.82. The third-order valence-electron chi connectivity index (χ3n) is 5.54. The van der Waals surface area contributed by atoms with Gasteiger partial charge in [-0.05, 0) is 49.6 Å². The van der Waals surface area contributed by atoms with E-state index in [0.717, 1.165) is 4.88 Å². The van der Waals surface area contributed by atoms with Gasteiger partial charge in [0.2, 0.25) is 0 Å². The number of aromatic nitrogens is 1. The number of hydrogen-bond acceptors (Lipinski definition) is 8. The van der Waals surface area contributed by atoms with Crippen LogP contribution in [0.4, 0.5) is 0 Å². The number of nitriles is 1. The molecule has 3 aromatic heterocycles. The van der Waals surface area contributed by atoms with Crippen LogP contribution in [-0.2, 0) is 9.53 Å². The molecule has 9 heteroatoms. The normalized spacial score (nSPS) is 15.5. The van der Waals surface area contributed by atoms with Crippen LogP contribution in [0.25, 0.3) is 17.4 Å². The first-order valence-corrected chi connectivity index (χ1v) is 12.5. The summed E-state index contributed by atoms with van der Waals surface area (Å²) in [6.45, 7) is 3.73. The van der Waals surface area contributed by atoms with E-state index in [-0.39, 0.29) is 12.2 Å². The lowest BCUT2D eigenvalue weighted by Crippen LogP contribution is -2.39. The van der Waals surface area contributed by atoms with Gasteiger partial charge in [0.05, 0.1) is 34.0 Å². The number of furan rings is 1. The highest BCUT2D eigenvalue weighted by atomic mass is 32.1. The summed E-state index contributed by atoms with van der Waals surface area (Å²) in [6.07, 6.45) is 1.66. The highest BCUT2D eigenvalue weighted by Crippen LogP contribution is 2.33. The molecule has 1 aliphatic rings. The summed E-state index contributed by atoms with van der Waals surface area (Å²) in [5.74, 6) is 0.540. The van der Waals surface area contributed by atoms with Crippen molar-refractivity contribution in [1.29, 1.82) is 5.26 Å². The van der Waals surface area contributed by atoms with E-state index < -0.39 is 12.0 Å². The zero-order chi connectivity index (χ0) is 24.5. The van der Waals surface area contributed by atoms with Crippen LogP contribution in [0.5, 0.6) is 0 Å². The fourth-order valence-corrected chi connectivity index (χ4v) is 5.86. The summed E-state index contributed by atoms with van der Waals surface area (Å²) in [7, 11) is 0. The second kappa shape index (κ2) is 9.33. The zero-order valence-electron chi connectivity index (χ0n) is 18.8. The minimum atomic E-state index is -0.609. The molecule has 1 aromatic carbocycles. The van der Waals surface area contributed by atoms with Gasteiger partial charge >= 0.3 is 5.97 Å². The Bertz CT molecular complexity index is 1680. The van der Waals surface area contributed by atoms with E-state index in [1.165, 1.54) is 22.7 Å². The lowest BCUT2D eigenvalue weighted by Gasteiger charge is -2.23. The Labute approximate surface area is 208 Å². The van der Waals surface area contributed by atoms with Gasteiger partial charge in [-0.3, -0.25) is 9.36 Å². The molecule has 5 rings (SSSR count). The topological polar surface area (TPSA) is 97.6 Å². The van der Waals surface area contributed by atoms with Crippen LogP contribution < -0.4 is 14.9 Å². The second-order valence-corrected chi connectivity index (χ2v) is 9.67. The van der Waals surface area contributed by atoms with Crippen molar-refractivity contribution in [2.24, 2.45) is 4.99 Å². The molecular weight excluding hydrogens is 482 g/mol. The van der Waals surface area contributed by atoms with Crippen LogP contribution in [0.3, 0.4) is 0 Å². The molecule has 35 heavy (non-hydrogen) atoms. The van der Waals surface area contributed by atoms with E-state index in [4.69, 9.17) is 9.15 Å². The average Bonchev–Trinajstić information content (AvgIpc) is 3.60. The molecule has 0 amide bonds. The van der Waals surface area contributed by atoms with E-state index in [0.29, 0.717) is 43.3 Å². The Morgan fingerprint density at radius 2 is 2.09 bits per heavy atom. The fourth-order valence-electron chi connectivity index (χ4n) is 4.01. The molecule has 4 heterocycles. The second-order valence-electron chi connectivity index (χ2n) is 7.68. The van der Waals surface area contributed by atoms with Gasteiger partial charge in [-0.15, -0.1) is 11.3 Å². The maximum atomic E-state index is 13.6.